The van der Waals surface area contributed by atoms with E-state index in [-0.39, 0.29) is 5.84 Å². The lowest BCUT2D eigenvalue weighted by molar-refractivity contribution is 1.04. The molecule has 0 fully saturated rings. The van der Waals surface area contributed by atoms with E-state index < -0.39 is 0 Å². The van der Waals surface area contributed by atoms with Gasteiger partial charge in [0.2, 0.25) is 0 Å². The van der Waals surface area contributed by atoms with Crippen molar-refractivity contribution in [2.45, 2.75) is 9.92 Å². The number of nitrogen functional groups attached to an aromatic ring is 1. The minimum absolute atomic E-state index is 0.0727. The summed E-state index contributed by atoms with van der Waals surface area (Å²) in [6.45, 7) is 0. The molecule has 0 amide bonds. The van der Waals surface area contributed by atoms with Crippen molar-refractivity contribution in [3.8, 4) is 0 Å². The predicted octanol–water partition coefficient (Wildman–Crippen LogP) is 2.67. The summed E-state index contributed by atoms with van der Waals surface area (Å²) in [5.74, 6) is -0.0727. The second kappa shape index (κ2) is 5.29. The number of nitrogens with two attached hydrogens (primary N) is 1. The molecular weight excluding hydrogens is 300 g/mol. The molecule has 2 aromatic rings. The maximum atomic E-state index is 7.22. The molecule has 2 rings (SSSR count). The first kappa shape index (κ1) is 12.1. The van der Waals surface area contributed by atoms with Gasteiger partial charge >= 0.3 is 0 Å². The van der Waals surface area contributed by atoms with Crippen molar-refractivity contribution in [1.82, 2.24) is 9.97 Å². The van der Waals surface area contributed by atoms with E-state index >= 15 is 0 Å². The summed E-state index contributed by atoms with van der Waals surface area (Å²) in [5.41, 5.74) is 5.70. The van der Waals surface area contributed by atoms with E-state index in [0.717, 1.165) is 14.4 Å². The molecular formula is C11H9BrN4S. The Kier molecular flexibility index (Phi) is 3.75. The van der Waals surface area contributed by atoms with Crippen molar-refractivity contribution < 1.29 is 0 Å². The van der Waals surface area contributed by atoms with Crippen LogP contribution in [0.5, 0.6) is 0 Å². The van der Waals surface area contributed by atoms with Crippen LogP contribution in [0.4, 0.5) is 0 Å². The Labute approximate surface area is 111 Å². The van der Waals surface area contributed by atoms with Crippen LogP contribution >= 0.6 is 27.7 Å². The fourth-order valence-electron chi connectivity index (χ4n) is 1.16. The molecule has 0 aliphatic carbocycles. The standard InChI is InChI=1S/C11H9BrN4S/c12-7-2-1-3-8(4-7)17-10-6-15-9(5-16-10)11(13)14/h1-6H,(H3,13,14). The van der Waals surface area contributed by atoms with E-state index in [0.29, 0.717) is 5.69 Å². The molecule has 6 heteroatoms. The third kappa shape index (κ3) is 3.28. The molecule has 17 heavy (non-hydrogen) atoms. The average Bonchev–Trinajstić information content (AvgIpc) is 2.29. The summed E-state index contributed by atoms with van der Waals surface area (Å²) in [6.07, 6.45) is 3.12. The fraction of sp³-hybridized carbons (Fsp3) is 0. The normalized spacial score (nSPS) is 10.2. The molecule has 1 aromatic carbocycles. The van der Waals surface area contributed by atoms with Crippen LogP contribution in [-0.4, -0.2) is 15.8 Å². The van der Waals surface area contributed by atoms with E-state index in [4.69, 9.17) is 11.1 Å². The van der Waals surface area contributed by atoms with Gasteiger partial charge in [-0.2, -0.15) is 0 Å². The van der Waals surface area contributed by atoms with E-state index in [1.165, 1.54) is 18.0 Å². The van der Waals surface area contributed by atoms with Crippen molar-refractivity contribution in [3.05, 3.63) is 46.8 Å². The zero-order chi connectivity index (χ0) is 12.3. The molecule has 0 radical (unpaired) electrons. The second-order valence-electron chi connectivity index (χ2n) is 3.21. The summed E-state index contributed by atoms with van der Waals surface area (Å²) in [6, 6.07) is 7.93. The molecule has 86 valence electrons. The highest BCUT2D eigenvalue weighted by atomic mass is 79.9. The first-order valence-corrected chi connectivity index (χ1v) is 6.36. The van der Waals surface area contributed by atoms with Crippen molar-refractivity contribution in [3.63, 3.8) is 0 Å². The average molecular weight is 309 g/mol. The Morgan fingerprint density at radius 3 is 2.71 bits per heavy atom. The maximum Gasteiger partial charge on any atom is 0.143 e. The lowest BCUT2D eigenvalue weighted by atomic mass is 10.4. The zero-order valence-electron chi connectivity index (χ0n) is 8.72. The predicted molar refractivity (Wildman–Crippen MR) is 71.3 cm³/mol. The van der Waals surface area contributed by atoms with Crippen molar-refractivity contribution in [1.29, 1.82) is 5.41 Å². The summed E-state index contributed by atoms with van der Waals surface area (Å²) in [7, 11) is 0. The van der Waals surface area contributed by atoms with E-state index in [2.05, 4.69) is 25.9 Å². The second-order valence-corrected chi connectivity index (χ2v) is 5.22. The van der Waals surface area contributed by atoms with Gasteiger partial charge in [0, 0.05) is 9.37 Å². The van der Waals surface area contributed by atoms with Crippen molar-refractivity contribution in [2.75, 3.05) is 0 Å². The van der Waals surface area contributed by atoms with Crippen molar-refractivity contribution in [2.24, 2.45) is 5.73 Å². The molecule has 0 aliphatic rings. The fourth-order valence-corrected chi connectivity index (χ4v) is 2.49. The van der Waals surface area contributed by atoms with Gasteiger partial charge in [0.15, 0.2) is 0 Å². The molecule has 0 atom stereocenters. The number of hydrogen-bond acceptors (Lipinski definition) is 4. The number of rotatable bonds is 3. The maximum absolute atomic E-state index is 7.22. The molecule has 0 saturated heterocycles. The summed E-state index contributed by atoms with van der Waals surface area (Å²) in [4.78, 5) is 9.31. The van der Waals surface area contributed by atoms with Gasteiger partial charge in [-0.1, -0.05) is 33.8 Å². The third-order valence-corrected chi connectivity index (χ3v) is 3.33. The number of hydrogen-bond donors (Lipinski definition) is 2. The molecule has 1 heterocycles. The minimum Gasteiger partial charge on any atom is -0.382 e. The molecule has 0 saturated carbocycles. The van der Waals surface area contributed by atoms with Gasteiger partial charge in [-0.25, -0.2) is 9.97 Å². The van der Waals surface area contributed by atoms with Crippen LogP contribution in [0.15, 0.2) is 51.1 Å². The lowest BCUT2D eigenvalue weighted by Crippen LogP contribution is -2.13. The first-order valence-electron chi connectivity index (χ1n) is 4.75. The van der Waals surface area contributed by atoms with Crippen LogP contribution in [0.3, 0.4) is 0 Å². The molecule has 4 nitrogen and oxygen atoms in total. The summed E-state index contributed by atoms with van der Waals surface area (Å²) < 4.78 is 1.02. The number of nitrogens with one attached hydrogen (secondary N) is 1. The van der Waals surface area contributed by atoms with E-state index in [1.54, 1.807) is 6.20 Å². The number of halogens is 1. The molecule has 0 bridgehead atoms. The number of amidine groups is 1. The largest absolute Gasteiger partial charge is 0.382 e. The SMILES string of the molecule is N=C(N)c1cnc(Sc2cccc(Br)c2)cn1. The Morgan fingerprint density at radius 2 is 2.12 bits per heavy atom. The highest BCUT2D eigenvalue weighted by Crippen LogP contribution is 2.27. The van der Waals surface area contributed by atoms with Crippen LogP contribution in [0.2, 0.25) is 0 Å². The number of benzene rings is 1. The van der Waals surface area contributed by atoms with Crippen LogP contribution in [0.25, 0.3) is 0 Å². The van der Waals surface area contributed by atoms with Gasteiger partial charge in [-0.3, -0.25) is 5.41 Å². The Morgan fingerprint density at radius 1 is 1.29 bits per heavy atom. The Balaban J connectivity index is 2.16. The van der Waals surface area contributed by atoms with Gasteiger partial charge in [0.25, 0.3) is 0 Å². The van der Waals surface area contributed by atoms with Gasteiger partial charge in [0.1, 0.15) is 16.6 Å². The zero-order valence-corrected chi connectivity index (χ0v) is 11.1. The van der Waals surface area contributed by atoms with E-state index in [1.807, 2.05) is 24.3 Å². The molecule has 0 aliphatic heterocycles. The Bertz CT molecular complexity index is 541. The molecule has 1 aromatic heterocycles. The quantitative estimate of drug-likeness (QED) is 0.675. The minimum atomic E-state index is -0.0727. The molecule has 0 spiro atoms. The topological polar surface area (TPSA) is 75.7 Å². The van der Waals surface area contributed by atoms with Crippen LogP contribution < -0.4 is 5.73 Å². The smallest absolute Gasteiger partial charge is 0.143 e. The number of nitrogens with zero attached hydrogens (tertiary/aromatic N) is 2. The monoisotopic (exact) mass is 308 g/mol. The van der Waals surface area contributed by atoms with E-state index in [9.17, 15) is 0 Å². The van der Waals surface area contributed by atoms with Crippen LogP contribution in [-0.2, 0) is 0 Å². The third-order valence-electron chi connectivity index (χ3n) is 1.92. The highest BCUT2D eigenvalue weighted by molar-refractivity contribution is 9.10. The summed E-state index contributed by atoms with van der Waals surface area (Å²) >= 11 is 4.92. The Hall–Kier alpha value is -1.40. The van der Waals surface area contributed by atoms with Gasteiger partial charge in [0.05, 0.1) is 12.4 Å². The van der Waals surface area contributed by atoms with Crippen molar-refractivity contribution >= 4 is 33.5 Å². The molecule has 3 N–H and O–H groups in total. The highest BCUT2D eigenvalue weighted by Gasteiger charge is 2.02. The van der Waals surface area contributed by atoms with Gasteiger partial charge < -0.3 is 5.73 Å². The molecule has 0 unspecified atom stereocenters. The first-order chi connectivity index (χ1) is 8.15. The lowest BCUT2D eigenvalue weighted by Gasteiger charge is -2.02. The number of aromatic nitrogens is 2. The summed E-state index contributed by atoms with van der Waals surface area (Å²) in [5, 5.41) is 7.99. The van der Waals surface area contributed by atoms with Crippen LogP contribution in [0.1, 0.15) is 5.69 Å². The van der Waals surface area contributed by atoms with Crippen LogP contribution in [0, 0.1) is 5.41 Å². The van der Waals surface area contributed by atoms with Gasteiger partial charge in [-0.15, -0.1) is 0 Å². The van der Waals surface area contributed by atoms with Gasteiger partial charge in [-0.05, 0) is 18.2 Å².